The summed E-state index contributed by atoms with van der Waals surface area (Å²) in [5.74, 6) is -2.25. The van der Waals surface area contributed by atoms with Crippen LogP contribution in [0.2, 0.25) is 0 Å². The fraction of sp³-hybridized carbons (Fsp3) is 0.929. The van der Waals surface area contributed by atoms with Crippen LogP contribution in [0, 0.1) is 0 Å². The molecule has 2 saturated heterocycles. The van der Waals surface area contributed by atoms with E-state index in [4.69, 9.17) is 24.1 Å². The Kier molecular flexibility index (Phi) is 7.41. The first-order chi connectivity index (χ1) is 12.3. The molecule has 0 saturated carbocycles. The van der Waals surface area contributed by atoms with E-state index < -0.39 is 74.6 Å². The zero-order valence-corrected chi connectivity index (χ0v) is 13.6. The summed E-state index contributed by atoms with van der Waals surface area (Å²) < 4.78 is 20.6. The molecule has 0 aromatic heterocycles. The second-order valence-corrected chi connectivity index (χ2v) is 6.04. The van der Waals surface area contributed by atoms with E-state index >= 15 is 0 Å². The van der Waals surface area contributed by atoms with Crippen molar-refractivity contribution >= 4 is 6.29 Å². The second kappa shape index (κ2) is 8.95. The van der Waals surface area contributed by atoms with Gasteiger partial charge in [0.15, 0.2) is 6.29 Å². The number of aliphatic hydroxyl groups excluding tert-OH is 7. The highest BCUT2D eigenvalue weighted by Gasteiger charge is 2.58. The Labute approximate surface area is 148 Å². The minimum atomic E-state index is -2.25. The van der Waals surface area contributed by atoms with Gasteiger partial charge in [0.05, 0.1) is 13.2 Å². The quantitative estimate of drug-likeness (QED) is 0.197. The van der Waals surface area contributed by atoms with Crippen LogP contribution >= 0.6 is 0 Å². The largest absolute Gasteiger partial charge is 0.394 e. The van der Waals surface area contributed by atoms with Gasteiger partial charge in [-0.1, -0.05) is 0 Å². The van der Waals surface area contributed by atoms with E-state index in [1.165, 1.54) is 6.29 Å². The van der Waals surface area contributed by atoms with E-state index in [0.717, 1.165) is 0 Å². The highest BCUT2D eigenvalue weighted by atomic mass is 16.8. The third-order valence-corrected chi connectivity index (χ3v) is 4.33. The molecule has 1 radical (unpaired) electrons. The predicted molar refractivity (Wildman–Crippen MR) is 78.1 cm³/mol. The Balaban J connectivity index is 2.13. The standard InChI is InChI=1S/C14H23O12/c15-1-2-23-4-7-8(18)10(20)11(21)13(24-7)26-14(5-17)12(22)9(19)6(3-16)25-14/h6-13,16-22H,2-5H2/t6-,7-,8-,9-,10+,11-,12+,13-,14+/m1/s1. The summed E-state index contributed by atoms with van der Waals surface area (Å²) in [6, 6.07) is 0. The minimum absolute atomic E-state index is 0.350. The molecule has 151 valence electrons. The summed E-state index contributed by atoms with van der Waals surface area (Å²) in [6.45, 7) is -2.42. The summed E-state index contributed by atoms with van der Waals surface area (Å²) in [7, 11) is 0. The molecule has 12 nitrogen and oxygen atoms in total. The van der Waals surface area contributed by atoms with Crippen molar-refractivity contribution in [3.63, 3.8) is 0 Å². The molecule has 7 N–H and O–H groups in total. The molecule has 0 aliphatic carbocycles. The minimum Gasteiger partial charge on any atom is -0.394 e. The molecule has 0 aromatic carbocycles. The molecular weight excluding hydrogens is 360 g/mol. The Bertz CT molecular complexity index is 463. The van der Waals surface area contributed by atoms with Crippen molar-refractivity contribution in [2.45, 2.75) is 54.8 Å². The third kappa shape index (κ3) is 4.05. The van der Waals surface area contributed by atoms with Gasteiger partial charge in [-0.3, -0.25) is 4.79 Å². The number of carbonyl (C=O) groups excluding carboxylic acids is 1. The van der Waals surface area contributed by atoms with Gasteiger partial charge < -0.3 is 54.7 Å². The fourth-order valence-electron chi connectivity index (χ4n) is 2.83. The Morgan fingerprint density at radius 1 is 0.962 bits per heavy atom. The van der Waals surface area contributed by atoms with Crippen molar-refractivity contribution in [2.24, 2.45) is 0 Å². The number of hydrogen-bond acceptors (Lipinski definition) is 12. The van der Waals surface area contributed by atoms with Gasteiger partial charge in [0.25, 0.3) is 0 Å². The van der Waals surface area contributed by atoms with Crippen molar-refractivity contribution < 1.29 is 59.5 Å². The van der Waals surface area contributed by atoms with Crippen LogP contribution in [0.3, 0.4) is 0 Å². The SMILES string of the molecule is O=[C]COC[C@H]1O[C@H](O[C@]2(CO)O[C@H](CO)[C@@H](O)[C@@H]2O)[C@H](O)[C@@H](O)[C@@H]1O. The predicted octanol–water partition coefficient (Wildman–Crippen LogP) is -5.26. The van der Waals surface area contributed by atoms with E-state index in [0.29, 0.717) is 0 Å². The summed E-state index contributed by atoms with van der Waals surface area (Å²) in [6.07, 6.45) is -11.2. The average Bonchev–Trinajstić information content (AvgIpc) is 2.88. The molecule has 0 unspecified atom stereocenters. The summed E-state index contributed by atoms with van der Waals surface area (Å²) in [4.78, 5) is 10.2. The molecule has 0 aromatic rings. The molecule has 26 heavy (non-hydrogen) atoms. The first-order valence-electron chi connectivity index (χ1n) is 7.87. The van der Waals surface area contributed by atoms with E-state index in [2.05, 4.69) is 0 Å². The zero-order valence-electron chi connectivity index (χ0n) is 13.6. The van der Waals surface area contributed by atoms with Crippen LogP contribution in [0.25, 0.3) is 0 Å². The highest BCUT2D eigenvalue weighted by Crippen LogP contribution is 2.35. The zero-order chi connectivity index (χ0) is 19.5. The van der Waals surface area contributed by atoms with E-state index in [-0.39, 0.29) is 6.61 Å². The van der Waals surface area contributed by atoms with Gasteiger partial charge in [0.1, 0.15) is 55.9 Å². The van der Waals surface area contributed by atoms with Gasteiger partial charge in [0, 0.05) is 0 Å². The van der Waals surface area contributed by atoms with Crippen LogP contribution in [-0.2, 0) is 23.7 Å². The highest BCUT2D eigenvalue weighted by molar-refractivity contribution is 5.51. The smallest absolute Gasteiger partial charge is 0.226 e. The Morgan fingerprint density at radius 3 is 2.19 bits per heavy atom. The molecular formula is C14H23O12. The maximum absolute atomic E-state index is 10.2. The number of ether oxygens (including phenoxy) is 4. The van der Waals surface area contributed by atoms with Gasteiger partial charge in [-0.05, 0) is 0 Å². The molecule has 2 aliphatic heterocycles. The topological polar surface area (TPSA) is 196 Å². The van der Waals surface area contributed by atoms with Crippen LogP contribution in [0.1, 0.15) is 0 Å². The molecule has 0 bridgehead atoms. The van der Waals surface area contributed by atoms with Gasteiger partial charge >= 0.3 is 0 Å². The van der Waals surface area contributed by atoms with Gasteiger partial charge in [0.2, 0.25) is 12.1 Å². The first kappa shape index (κ1) is 21.5. The maximum atomic E-state index is 10.2. The van der Waals surface area contributed by atoms with Crippen LogP contribution in [0.15, 0.2) is 0 Å². The van der Waals surface area contributed by atoms with Gasteiger partial charge in [-0.15, -0.1) is 0 Å². The fourth-order valence-corrected chi connectivity index (χ4v) is 2.83. The van der Waals surface area contributed by atoms with Crippen molar-refractivity contribution in [1.82, 2.24) is 0 Å². The molecule has 0 spiro atoms. The Hall–Kier alpha value is -0.770. The van der Waals surface area contributed by atoms with Crippen LogP contribution in [0.5, 0.6) is 0 Å². The molecule has 9 atom stereocenters. The first-order valence-corrected chi connectivity index (χ1v) is 7.87. The lowest BCUT2D eigenvalue weighted by atomic mass is 9.99. The van der Waals surface area contributed by atoms with E-state index in [9.17, 15) is 35.4 Å². The van der Waals surface area contributed by atoms with Crippen LogP contribution in [0.4, 0.5) is 0 Å². The van der Waals surface area contributed by atoms with Crippen molar-refractivity contribution in [1.29, 1.82) is 0 Å². The maximum Gasteiger partial charge on any atom is 0.226 e. The molecule has 2 aliphatic rings. The molecule has 12 heteroatoms. The van der Waals surface area contributed by atoms with Crippen LogP contribution < -0.4 is 0 Å². The van der Waals surface area contributed by atoms with Crippen LogP contribution in [-0.4, -0.2) is 123 Å². The monoisotopic (exact) mass is 383 g/mol. The molecule has 2 heterocycles. The molecule has 2 rings (SSSR count). The summed E-state index contributed by atoms with van der Waals surface area (Å²) >= 11 is 0. The van der Waals surface area contributed by atoms with Gasteiger partial charge in [-0.2, -0.15) is 0 Å². The lowest BCUT2D eigenvalue weighted by Gasteiger charge is -2.43. The molecule has 2 fully saturated rings. The average molecular weight is 383 g/mol. The molecule has 0 amide bonds. The lowest BCUT2D eigenvalue weighted by Crippen LogP contribution is -2.62. The summed E-state index contributed by atoms with van der Waals surface area (Å²) in [5, 5.41) is 68.5. The summed E-state index contributed by atoms with van der Waals surface area (Å²) in [5.41, 5.74) is 0. The number of aliphatic hydroxyl groups is 7. The Morgan fingerprint density at radius 2 is 1.65 bits per heavy atom. The second-order valence-electron chi connectivity index (χ2n) is 6.04. The van der Waals surface area contributed by atoms with Crippen molar-refractivity contribution in [3.8, 4) is 0 Å². The van der Waals surface area contributed by atoms with Crippen molar-refractivity contribution in [2.75, 3.05) is 26.4 Å². The van der Waals surface area contributed by atoms with Gasteiger partial charge in [-0.25, -0.2) is 0 Å². The third-order valence-electron chi connectivity index (χ3n) is 4.33. The van der Waals surface area contributed by atoms with E-state index in [1.807, 2.05) is 0 Å². The van der Waals surface area contributed by atoms with Crippen molar-refractivity contribution in [3.05, 3.63) is 0 Å². The lowest BCUT2D eigenvalue weighted by molar-refractivity contribution is -0.384. The van der Waals surface area contributed by atoms with E-state index in [1.54, 1.807) is 0 Å². The number of rotatable bonds is 8. The normalized spacial score (nSPS) is 46.4. The number of hydrogen-bond donors (Lipinski definition) is 7.